The highest BCUT2D eigenvalue weighted by molar-refractivity contribution is 6.11. The summed E-state index contributed by atoms with van der Waals surface area (Å²) in [6, 6.07) is 0. The van der Waals surface area contributed by atoms with Crippen LogP contribution in [0.1, 0.15) is 12.8 Å². The van der Waals surface area contributed by atoms with Crippen LogP contribution >= 0.6 is 0 Å². The maximum Gasteiger partial charge on any atom is 0.236 e. The van der Waals surface area contributed by atoms with E-state index in [2.05, 4.69) is 20.3 Å². The minimum atomic E-state index is -0.360. The van der Waals surface area contributed by atoms with Gasteiger partial charge in [0.05, 0.1) is 11.6 Å². The molecule has 0 saturated heterocycles. The molecule has 1 amide bonds. The second-order valence-corrected chi connectivity index (χ2v) is 3.63. The number of hydrogen-bond acceptors (Lipinski definition) is 4. The van der Waals surface area contributed by atoms with Gasteiger partial charge in [-0.1, -0.05) is 0 Å². The molecule has 0 unspecified atom stereocenters. The number of amides is 1. The van der Waals surface area contributed by atoms with Gasteiger partial charge in [0.2, 0.25) is 5.91 Å². The first-order valence-electron chi connectivity index (χ1n) is 4.47. The Hall–Kier alpha value is -1.78. The summed E-state index contributed by atoms with van der Waals surface area (Å²) in [6.07, 6.45) is 6.46. The van der Waals surface area contributed by atoms with Gasteiger partial charge in [-0.15, -0.1) is 0 Å². The molecule has 2 aliphatic rings. The van der Waals surface area contributed by atoms with Gasteiger partial charge in [-0.2, -0.15) is 0 Å². The van der Waals surface area contributed by atoms with E-state index in [4.69, 9.17) is 0 Å². The van der Waals surface area contributed by atoms with Crippen molar-refractivity contribution in [3.63, 3.8) is 0 Å². The van der Waals surface area contributed by atoms with Gasteiger partial charge in [-0.3, -0.25) is 4.79 Å². The monoisotopic (exact) mass is 188 g/mol. The molecule has 0 radical (unpaired) electrons. The van der Waals surface area contributed by atoms with Crippen LogP contribution in [0.5, 0.6) is 0 Å². The Morgan fingerprint density at radius 1 is 1.43 bits per heavy atom. The summed E-state index contributed by atoms with van der Waals surface area (Å²) in [5.74, 6) is 0.548. The lowest BCUT2D eigenvalue weighted by Crippen LogP contribution is -2.23. The maximum absolute atomic E-state index is 11.7. The van der Waals surface area contributed by atoms with Gasteiger partial charge >= 0.3 is 0 Å². The molecule has 0 aromatic carbocycles. The molecular formula is C9H8N4O. The number of rotatable bonds is 0. The molecule has 2 heterocycles. The normalized spacial score (nSPS) is 21.3. The van der Waals surface area contributed by atoms with Crippen molar-refractivity contribution in [3.8, 4) is 0 Å². The second kappa shape index (κ2) is 2.37. The predicted octanol–water partition coefficient (Wildman–Crippen LogP) is 0.911. The zero-order chi connectivity index (χ0) is 9.60. The second-order valence-electron chi connectivity index (χ2n) is 3.63. The van der Waals surface area contributed by atoms with E-state index in [1.807, 2.05) is 0 Å². The molecule has 1 saturated carbocycles. The summed E-state index contributed by atoms with van der Waals surface area (Å²) >= 11 is 0. The Morgan fingerprint density at radius 3 is 3.07 bits per heavy atom. The molecule has 1 aromatic rings. The average Bonchev–Trinajstić information content (AvgIpc) is 2.98. The molecule has 5 nitrogen and oxygen atoms in total. The number of hydrogen-bond donors (Lipinski definition) is 1. The minimum absolute atomic E-state index is 0.00907. The van der Waals surface area contributed by atoms with E-state index in [1.54, 1.807) is 12.4 Å². The number of aromatic nitrogens is 2. The highest BCUT2D eigenvalue weighted by Crippen LogP contribution is 2.46. The Kier molecular flexibility index (Phi) is 1.29. The third kappa shape index (κ3) is 0.951. The van der Waals surface area contributed by atoms with Crippen molar-refractivity contribution in [2.24, 2.45) is 10.4 Å². The summed E-state index contributed by atoms with van der Waals surface area (Å²) in [6.45, 7) is 0. The van der Waals surface area contributed by atoms with E-state index in [0.29, 0.717) is 11.5 Å². The highest BCUT2D eigenvalue weighted by atomic mass is 16.2. The number of nitrogens with one attached hydrogen (secondary N) is 1. The number of nitrogens with zero attached hydrogens (tertiary/aromatic N) is 3. The van der Waals surface area contributed by atoms with Crippen LogP contribution in [0.25, 0.3) is 0 Å². The quantitative estimate of drug-likeness (QED) is 0.658. The van der Waals surface area contributed by atoms with Crippen molar-refractivity contribution in [2.75, 3.05) is 5.32 Å². The van der Waals surface area contributed by atoms with Crippen LogP contribution in [0.4, 0.5) is 11.5 Å². The first-order chi connectivity index (χ1) is 6.80. The van der Waals surface area contributed by atoms with Crippen LogP contribution in [-0.2, 0) is 4.79 Å². The molecule has 1 aromatic heterocycles. The topological polar surface area (TPSA) is 67.2 Å². The molecule has 0 bridgehead atoms. The molecule has 70 valence electrons. The molecule has 3 rings (SSSR count). The van der Waals surface area contributed by atoms with E-state index >= 15 is 0 Å². The maximum atomic E-state index is 11.7. The van der Waals surface area contributed by atoms with E-state index in [9.17, 15) is 4.79 Å². The van der Waals surface area contributed by atoms with Crippen LogP contribution in [0, 0.1) is 5.41 Å². The Bertz CT molecular complexity index is 436. The summed E-state index contributed by atoms with van der Waals surface area (Å²) in [5, 5.41) is 2.79. The Balaban J connectivity index is 2.10. The van der Waals surface area contributed by atoms with Crippen LogP contribution in [-0.4, -0.2) is 22.1 Å². The third-order valence-electron chi connectivity index (χ3n) is 2.61. The smallest absolute Gasteiger partial charge is 0.236 e. The lowest BCUT2D eigenvalue weighted by molar-refractivity contribution is -0.118. The SMILES string of the molecule is O=C1Nc2cncnc2N=CC12CC2. The van der Waals surface area contributed by atoms with Crippen molar-refractivity contribution < 1.29 is 4.79 Å². The van der Waals surface area contributed by atoms with Crippen LogP contribution in [0.2, 0.25) is 0 Å². The molecule has 1 fully saturated rings. The zero-order valence-corrected chi connectivity index (χ0v) is 7.40. The van der Waals surface area contributed by atoms with Crippen LogP contribution < -0.4 is 5.32 Å². The van der Waals surface area contributed by atoms with Crippen molar-refractivity contribution in [1.82, 2.24) is 9.97 Å². The molecular weight excluding hydrogens is 180 g/mol. The molecule has 1 aliphatic heterocycles. The zero-order valence-electron chi connectivity index (χ0n) is 7.40. The fraction of sp³-hybridized carbons (Fsp3) is 0.333. The van der Waals surface area contributed by atoms with Gasteiger partial charge in [0.1, 0.15) is 12.0 Å². The fourth-order valence-corrected chi connectivity index (χ4v) is 1.50. The molecule has 1 spiro atoms. The summed E-state index contributed by atoms with van der Waals surface area (Å²) in [4.78, 5) is 23.7. The molecule has 1 aliphatic carbocycles. The predicted molar refractivity (Wildman–Crippen MR) is 50.5 cm³/mol. The van der Waals surface area contributed by atoms with Gasteiger partial charge in [0.15, 0.2) is 5.82 Å². The van der Waals surface area contributed by atoms with Crippen LogP contribution in [0.15, 0.2) is 17.5 Å². The van der Waals surface area contributed by atoms with Crippen LogP contribution in [0.3, 0.4) is 0 Å². The fourth-order valence-electron chi connectivity index (χ4n) is 1.50. The number of carbonyl (C=O) groups excluding carboxylic acids is 1. The largest absolute Gasteiger partial charge is 0.321 e. The minimum Gasteiger partial charge on any atom is -0.321 e. The number of fused-ring (bicyclic) bond motifs is 1. The molecule has 0 atom stereocenters. The first kappa shape index (κ1) is 7.61. The first-order valence-corrected chi connectivity index (χ1v) is 4.47. The Morgan fingerprint density at radius 2 is 2.29 bits per heavy atom. The van der Waals surface area contributed by atoms with E-state index in [1.165, 1.54) is 6.33 Å². The average molecular weight is 188 g/mol. The molecule has 14 heavy (non-hydrogen) atoms. The van der Waals surface area contributed by atoms with E-state index in [-0.39, 0.29) is 11.3 Å². The number of anilines is 1. The van der Waals surface area contributed by atoms with Crippen molar-refractivity contribution >= 4 is 23.6 Å². The summed E-state index contributed by atoms with van der Waals surface area (Å²) in [7, 11) is 0. The van der Waals surface area contributed by atoms with Crippen molar-refractivity contribution in [3.05, 3.63) is 12.5 Å². The number of carbonyl (C=O) groups is 1. The Labute approximate surface area is 80.3 Å². The van der Waals surface area contributed by atoms with Gasteiger partial charge in [-0.25, -0.2) is 15.0 Å². The summed E-state index contributed by atoms with van der Waals surface area (Å²) in [5.41, 5.74) is 0.235. The van der Waals surface area contributed by atoms with Crippen molar-refractivity contribution in [2.45, 2.75) is 12.8 Å². The summed E-state index contributed by atoms with van der Waals surface area (Å²) < 4.78 is 0. The third-order valence-corrected chi connectivity index (χ3v) is 2.61. The molecule has 5 heteroatoms. The highest BCUT2D eigenvalue weighted by Gasteiger charge is 2.49. The van der Waals surface area contributed by atoms with Gasteiger partial charge < -0.3 is 5.32 Å². The number of aliphatic imine (C=N–C) groups is 1. The van der Waals surface area contributed by atoms with E-state index < -0.39 is 0 Å². The lowest BCUT2D eigenvalue weighted by atomic mass is 10.1. The van der Waals surface area contributed by atoms with Crippen molar-refractivity contribution in [1.29, 1.82) is 0 Å². The van der Waals surface area contributed by atoms with Gasteiger partial charge in [0, 0.05) is 6.21 Å². The van der Waals surface area contributed by atoms with Gasteiger partial charge in [0.25, 0.3) is 0 Å². The standard InChI is InChI=1S/C9H8N4O/c14-8-9(1-2-9)4-11-7-6(13-8)3-10-5-12-7/h3-5H,1-2H2,(H,13,14). The molecule has 1 N–H and O–H groups in total. The van der Waals surface area contributed by atoms with E-state index in [0.717, 1.165) is 12.8 Å². The lowest BCUT2D eigenvalue weighted by Gasteiger charge is -2.06. The van der Waals surface area contributed by atoms with Gasteiger partial charge in [-0.05, 0) is 12.8 Å².